The summed E-state index contributed by atoms with van der Waals surface area (Å²) >= 11 is 1.19. The van der Waals surface area contributed by atoms with Gasteiger partial charge in [0.25, 0.3) is 15.9 Å². The number of anilines is 2. The fraction of sp³-hybridized carbons (Fsp3) is 0.500. The molecule has 2 amide bonds. The first-order valence-corrected chi connectivity index (χ1v) is 14.2. The highest BCUT2D eigenvalue weighted by Crippen LogP contribution is 2.27. The summed E-state index contributed by atoms with van der Waals surface area (Å²) in [6.07, 6.45) is 2.37. The molecule has 2 aromatic rings. The van der Waals surface area contributed by atoms with Gasteiger partial charge in [-0.25, -0.2) is 13.4 Å². The van der Waals surface area contributed by atoms with Crippen molar-refractivity contribution in [3.63, 3.8) is 0 Å². The van der Waals surface area contributed by atoms with Gasteiger partial charge in [0.05, 0.1) is 10.9 Å². The van der Waals surface area contributed by atoms with Crippen molar-refractivity contribution in [3.05, 3.63) is 35.8 Å². The molecule has 0 saturated carbocycles. The van der Waals surface area contributed by atoms with Crippen LogP contribution in [-0.2, 0) is 24.4 Å². The minimum Gasteiger partial charge on any atom is -0.334 e. The lowest BCUT2D eigenvalue weighted by Crippen LogP contribution is -2.55. The number of nitrogens with zero attached hydrogens (tertiary/aromatic N) is 4. The van der Waals surface area contributed by atoms with Gasteiger partial charge in [0.15, 0.2) is 5.13 Å². The number of piperazine rings is 1. The van der Waals surface area contributed by atoms with Gasteiger partial charge in [-0.15, -0.1) is 11.3 Å². The van der Waals surface area contributed by atoms with Crippen molar-refractivity contribution in [1.82, 2.24) is 14.8 Å². The van der Waals surface area contributed by atoms with Crippen LogP contribution in [0.15, 0.2) is 40.7 Å². The van der Waals surface area contributed by atoms with Crippen LogP contribution in [0.2, 0.25) is 0 Å². The summed E-state index contributed by atoms with van der Waals surface area (Å²) in [5.74, 6) is -0.857. The molecule has 3 heterocycles. The van der Waals surface area contributed by atoms with Gasteiger partial charge in [-0.1, -0.05) is 20.8 Å². The number of hydrogen-bond donors (Lipinski definition) is 1. The molecule has 2 saturated heterocycles. The van der Waals surface area contributed by atoms with Crippen LogP contribution < -0.4 is 9.62 Å². The summed E-state index contributed by atoms with van der Waals surface area (Å²) in [6.45, 7) is 8.19. The fourth-order valence-corrected chi connectivity index (χ4v) is 6.27. The molecule has 2 fully saturated rings. The number of ketones is 1. The second kappa shape index (κ2) is 10.3. The van der Waals surface area contributed by atoms with Crippen LogP contribution in [0.1, 0.15) is 33.6 Å². The van der Waals surface area contributed by atoms with Gasteiger partial charge >= 0.3 is 0 Å². The number of hydrogen-bond acceptors (Lipinski definition) is 8. The van der Waals surface area contributed by atoms with Crippen LogP contribution in [0.5, 0.6) is 0 Å². The second-order valence-electron chi connectivity index (χ2n) is 10.2. The van der Waals surface area contributed by atoms with E-state index >= 15 is 0 Å². The first-order valence-electron chi connectivity index (χ1n) is 11.8. The van der Waals surface area contributed by atoms with Crippen molar-refractivity contribution in [3.8, 4) is 0 Å². The number of carbonyl (C=O) groups is 3. The number of sulfonamides is 1. The maximum Gasteiger partial charge on any atom is 0.290 e. The highest BCUT2D eigenvalue weighted by Gasteiger charge is 2.39. The highest BCUT2D eigenvalue weighted by atomic mass is 32.2. The average molecular weight is 534 g/mol. The molecular weight excluding hydrogens is 502 g/mol. The van der Waals surface area contributed by atoms with Crippen molar-refractivity contribution in [2.45, 2.75) is 44.6 Å². The van der Waals surface area contributed by atoms with Crippen LogP contribution in [-0.4, -0.2) is 79.6 Å². The van der Waals surface area contributed by atoms with Gasteiger partial charge in [-0.3, -0.25) is 24.0 Å². The molecule has 0 spiro atoms. The molecule has 2 aliphatic rings. The van der Waals surface area contributed by atoms with E-state index in [-0.39, 0.29) is 39.6 Å². The third kappa shape index (κ3) is 5.93. The summed E-state index contributed by atoms with van der Waals surface area (Å²) in [5.41, 5.74) is 0.395. The van der Waals surface area contributed by atoms with Gasteiger partial charge < -0.3 is 9.80 Å². The number of amides is 2. The quantitative estimate of drug-likeness (QED) is 0.542. The third-order valence-corrected chi connectivity index (χ3v) is 8.43. The van der Waals surface area contributed by atoms with Crippen molar-refractivity contribution >= 4 is 49.8 Å². The Kier molecular flexibility index (Phi) is 7.48. The van der Waals surface area contributed by atoms with Crippen LogP contribution >= 0.6 is 11.3 Å². The molecule has 1 aromatic carbocycles. The zero-order valence-electron chi connectivity index (χ0n) is 20.6. The van der Waals surface area contributed by atoms with Crippen molar-refractivity contribution in [2.24, 2.45) is 5.41 Å². The van der Waals surface area contributed by atoms with E-state index in [0.717, 1.165) is 0 Å². The van der Waals surface area contributed by atoms with E-state index in [4.69, 9.17) is 0 Å². The Morgan fingerprint density at radius 3 is 2.33 bits per heavy atom. The number of rotatable bonds is 7. The summed E-state index contributed by atoms with van der Waals surface area (Å²) in [4.78, 5) is 47.4. The SMILES string of the molecule is CC(C)(C)CC(=O)C(=O)N1CCN(C2CCN(c3ccc(S(=O)(=O)Nc4nccs4)cc3)C2=O)CC1. The van der Waals surface area contributed by atoms with E-state index in [1.165, 1.54) is 29.7 Å². The smallest absolute Gasteiger partial charge is 0.290 e. The van der Waals surface area contributed by atoms with Crippen molar-refractivity contribution in [2.75, 3.05) is 42.3 Å². The lowest BCUT2D eigenvalue weighted by molar-refractivity contribution is -0.147. The van der Waals surface area contributed by atoms with Crippen molar-refractivity contribution in [1.29, 1.82) is 0 Å². The van der Waals surface area contributed by atoms with Gasteiger partial charge in [0.2, 0.25) is 11.7 Å². The number of nitrogens with one attached hydrogen (secondary N) is 1. The van der Waals surface area contributed by atoms with E-state index in [0.29, 0.717) is 44.8 Å². The number of aromatic nitrogens is 1. The minimum absolute atomic E-state index is 0.0462. The highest BCUT2D eigenvalue weighted by molar-refractivity contribution is 7.93. The molecule has 1 unspecified atom stereocenters. The predicted octanol–water partition coefficient (Wildman–Crippen LogP) is 2.20. The van der Waals surface area contributed by atoms with Crippen LogP contribution in [0, 0.1) is 5.41 Å². The summed E-state index contributed by atoms with van der Waals surface area (Å²) in [7, 11) is -3.76. The molecular formula is C24H31N5O5S2. The van der Waals surface area contributed by atoms with E-state index < -0.39 is 15.9 Å². The lowest BCUT2D eigenvalue weighted by atomic mass is 9.89. The Bertz CT molecular complexity index is 1210. The summed E-state index contributed by atoms with van der Waals surface area (Å²) in [6, 6.07) is 5.92. The summed E-state index contributed by atoms with van der Waals surface area (Å²) in [5, 5.41) is 1.97. The molecule has 0 radical (unpaired) electrons. The standard InChI is InChI=1S/C24H31N5O5S2/c1-24(2,3)16-20(30)22(32)28-13-11-27(12-14-28)19-8-10-29(21(19)31)17-4-6-18(7-5-17)36(33,34)26-23-25-9-15-35-23/h4-7,9,15,19H,8,10-14,16H2,1-3H3,(H,25,26). The van der Waals surface area contributed by atoms with E-state index in [9.17, 15) is 22.8 Å². The normalized spacial score (nSPS) is 19.5. The molecule has 194 valence electrons. The zero-order chi connectivity index (χ0) is 26.1. The van der Waals surface area contributed by atoms with E-state index in [1.54, 1.807) is 27.3 Å². The molecule has 0 aliphatic carbocycles. The first kappa shape index (κ1) is 26.2. The van der Waals surface area contributed by atoms with Gasteiger partial charge in [-0.05, 0) is 36.1 Å². The molecule has 10 nitrogen and oxygen atoms in total. The van der Waals surface area contributed by atoms with Crippen LogP contribution in [0.3, 0.4) is 0 Å². The number of benzene rings is 1. The third-order valence-electron chi connectivity index (χ3n) is 6.26. The van der Waals surface area contributed by atoms with E-state index in [1.807, 2.05) is 20.8 Å². The topological polar surface area (TPSA) is 120 Å². The average Bonchev–Trinajstić information content (AvgIpc) is 3.47. The first-order chi connectivity index (χ1) is 16.9. The molecule has 4 rings (SSSR count). The number of carbonyl (C=O) groups excluding carboxylic acids is 3. The Labute approximate surface area is 215 Å². The number of thiazole rings is 1. The Morgan fingerprint density at radius 2 is 1.75 bits per heavy atom. The van der Waals surface area contributed by atoms with Crippen molar-refractivity contribution < 1.29 is 22.8 Å². The predicted molar refractivity (Wildman–Crippen MR) is 137 cm³/mol. The lowest BCUT2D eigenvalue weighted by Gasteiger charge is -2.37. The molecule has 2 aliphatic heterocycles. The zero-order valence-corrected chi connectivity index (χ0v) is 22.3. The van der Waals surface area contributed by atoms with Gasteiger partial charge in [0.1, 0.15) is 0 Å². The van der Waals surface area contributed by atoms with Crippen LogP contribution in [0.25, 0.3) is 0 Å². The Balaban J connectivity index is 1.34. The largest absolute Gasteiger partial charge is 0.334 e. The monoisotopic (exact) mass is 533 g/mol. The summed E-state index contributed by atoms with van der Waals surface area (Å²) < 4.78 is 27.6. The molecule has 1 atom stereocenters. The molecule has 12 heteroatoms. The minimum atomic E-state index is -3.76. The second-order valence-corrected chi connectivity index (χ2v) is 12.8. The maximum absolute atomic E-state index is 13.2. The Hall–Kier alpha value is -2.83. The van der Waals surface area contributed by atoms with Crippen LogP contribution in [0.4, 0.5) is 10.8 Å². The molecule has 36 heavy (non-hydrogen) atoms. The fourth-order valence-electron chi connectivity index (χ4n) is 4.48. The van der Waals surface area contributed by atoms with E-state index in [2.05, 4.69) is 14.6 Å². The molecule has 1 aromatic heterocycles. The molecule has 0 bridgehead atoms. The van der Waals surface area contributed by atoms with Gasteiger partial charge in [-0.2, -0.15) is 0 Å². The molecule has 1 N–H and O–H groups in total. The maximum atomic E-state index is 13.2. The number of Topliss-reactive ketones (excluding diaryl/α,β-unsaturated/α-hetero) is 1. The van der Waals surface area contributed by atoms with Gasteiger partial charge in [0, 0.05) is 56.4 Å². The Morgan fingerprint density at radius 1 is 1.08 bits per heavy atom.